The van der Waals surface area contributed by atoms with Gasteiger partial charge in [0.15, 0.2) is 0 Å². The van der Waals surface area contributed by atoms with Crippen LogP contribution in [0.1, 0.15) is 6.42 Å². The summed E-state index contributed by atoms with van der Waals surface area (Å²) in [4.78, 5) is 14.1. The van der Waals surface area contributed by atoms with Gasteiger partial charge in [-0.3, -0.25) is 0 Å². The Bertz CT molecular complexity index is 164. The number of β-amino-alcohol motifs (C(OH)–C–C–N with tert-alkyl or cyclic N) is 1. The van der Waals surface area contributed by atoms with Crippen LogP contribution < -0.4 is 10.8 Å². The predicted octanol–water partition coefficient (Wildman–Crippen LogP) is -1.09. The molecular formula is C6H12N2O4. The van der Waals surface area contributed by atoms with Crippen molar-refractivity contribution in [2.75, 3.05) is 13.1 Å². The van der Waals surface area contributed by atoms with E-state index < -0.39 is 12.3 Å². The first-order valence-electron chi connectivity index (χ1n) is 3.74. The zero-order valence-corrected chi connectivity index (χ0v) is 6.49. The molecule has 0 spiro atoms. The van der Waals surface area contributed by atoms with Gasteiger partial charge in [-0.25, -0.2) is 4.79 Å². The summed E-state index contributed by atoms with van der Waals surface area (Å²) in [5, 5.41) is 20.4. The standard InChI is InChI=1S/C6H12N2O4/c9-5-3-7-2-1-4(5)8-12-6(10)11/h4-5,7-9H,1-3H2,(H,10,11). The fourth-order valence-corrected chi connectivity index (χ4v) is 1.11. The van der Waals surface area contributed by atoms with Crippen LogP contribution in [-0.4, -0.2) is 41.6 Å². The highest BCUT2D eigenvalue weighted by molar-refractivity contribution is 5.56. The first-order chi connectivity index (χ1) is 5.70. The molecule has 0 amide bonds. The van der Waals surface area contributed by atoms with Gasteiger partial charge in [-0.05, 0) is 13.0 Å². The predicted molar refractivity (Wildman–Crippen MR) is 39.5 cm³/mol. The van der Waals surface area contributed by atoms with Crippen LogP contribution in [0.15, 0.2) is 0 Å². The van der Waals surface area contributed by atoms with Crippen LogP contribution in [-0.2, 0) is 4.84 Å². The van der Waals surface area contributed by atoms with Crippen molar-refractivity contribution in [3.8, 4) is 0 Å². The topological polar surface area (TPSA) is 90.8 Å². The summed E-state index contributed by atoms with van der Waals surface area (Å²) in [5.41, 5.74) is 2.28. The van der Waals surface area contributed by atoms with Crippen molar-refractivity contribution >= 4 is 6.16 Å². The first-order valence-corrected chi connectivity index (χ1v) is 3.74. The molecule has 6 nitrogen and oxygen atoms in total. The molecule has 1 saturated heterocycles. The molecule has 0 aromatic carbocycles. The van der Waals surface area contributed by atoms with Gasteiger partial charge in [0.25, 0.3) is 0 Å². The molecule has 1 aliphatic heterocycles. The Morgan fingerprint density at radius 2 is 2.42 bits per heavy atom. The van der Waals surface area contributed by atoms with Crippen LogP contribution in [0.2, 0.25) is 0 Å². The molecule has 2 atom stereocenters. The van der Waals surface area contributed by atoms with Crippen LogP contribution in [0, 0.1) is 0 Å². The van der Waals surface area contributed by atoms with E-state index >= 15 is 0 Å². The van der Waals surface area contributed by atoms with Crippen LogP contribution in [0.5, 0.6) is 0 Å². The number of rotatable bonds is 2. The number of carbonyl (C=O) groups is 1. The van der Waals surface area contributed by atoms with E-state index in [9.17, 15) is 9.90 Å². The number of aliphatic hydroxyl groups excluding tert-OH is 1. The molecule has 0 bridgehead atoms. The monoisotopic (exact) mass is 176 g/mol. The number of carboxylic acid groups (broad SMARTS) is 1. The number of nitrogens with one attached hydrogen (secondary N) is 2. The van der Waals surface area contributed by atoms with Gasteiger partial charge in [0, 0.05) is 6.54 Å². The number of aliphatic hydroxyl groups is 1. The number of hydroxylamine groups is 1. The highest BCUT2D eigenvalue weighted by atomic mass is 16.8. The van der Waals surface area contributed by atoms with Crippen LogP contribution in [0.3, 0.4) is 0 Å². The van der Waals surface area contributed by atoms with E-state index in [-0.39, 0.29) is 6.04 Å². The van der Waals surface area contributed by atoms with Crippen molar-refractivity contribution in [3.63, 3.8) is 0 Å². The van der Waals surface area contributed by atoms with Crippen molar-refractivity contribution in [3.05, 3.63) is 0 Å². The van der Waals surface area contributed by atoms with Gasteiger partial charge in [-0.1, -0.05) is 0 Å². The number of hydrogen-bond acceptors (Lipinski definition) is 5. The molecule has 1 fully saturated rings. The summed E-state index contributed by atoms with van der Waals surface area (Å²) in [6.07, 6.45) is -1.34. The van der Waals surface area contributed by atoms with Crippen LogP contribution >= 0.6 is 0 Å². The van der Waals surface area contributed by atoms with Crippen molar-refractivity contribution in [1.29, 1.82) is 0 Å². The van der Waals surface area contributed by atoms with Crippen molar-refractivity contribution in [1.82, 2.24) is 10.8 Å². The van der Waals surface area contributed by atoms with Crippen LogP contribution in [0.4, 0.5) is 4.79 Å². The minimum atomic E-state index is -1.39. The summed E-state index contributed by atoms with van der Waals surface area (Å²) in [6, 6.07) is -0.303. The summed E-state index contributed by atoms with van der Waals surface area (Å²) in [5.74, 6) is 0. The van der Waals surface area contributed by atoms with Crippen LogP contribution in [0.25, 0.3) is 0 Å². The Labute approximate surface area is 69.5 Å². The molecule has 70 valence electrons. The minimum Gasteiger partial charge on any atom is -0.448 e. The molecule has 4 N–H and O–H groups in total. The van der Waals surface area contributed by atoms with Gasteiger partial charge >= 0.3 is 6.16 Å². The Balaban J connectivity index is 2.24. The molecule has 0 saturated carbocycles. The zero-order chi connectivity index (χ0) is 8.97. The molecule has 1 heterocycles. The average molecular weight is 176 g/mol. The molecule has 0 aliphatic carbocycles. The maximum atomic E-state index is 9.97. The third-order valence-electron chi connectivity index (χ3n) is 1.75. The summed E-state index contributed by atoms with van der Waals surface area (Å²) >= 11 is 0. The molecule has 2 unspecified atom stereocenters. The van der Waals surface area contributed by atoms with Crippen molar-refractivity contribution in [2.24, 2.45) is 0 Å². The number of piperidine rings is 1. The fourth-order valence-electron chi connectivity index (χ4n) is 1.11. The highest BCUT2D eigenvalue weighted by Gasteiger charge is 2.23. The van der Waals surface area contributed by atoms with E-state index in [1.54, 1.807) is 0 Å². The molecule has 6 heteroatoms. The third kappa shape index (κ3) is 2.65. The van der Waals surface area contributed by atoms with Crippen molar-refractivity contribution < 1.29 is 19.8 Å². The Kier molecular flexibility index (Phi) is 3.27. The second kappa shape index (κ2) is 4.24. The largest absolute Gasteiger partial charge is 0.525 e. The van der Waals surface area contributed by atoms with E-state index in [0.717, 1.165) is 6.54 Å². The second-order valence-electron chi connectivity index (χ2n) is 2.65. The first kappa shape index (κ1) is 9.24. The normalized spacial score (nSPS) is 29.8. The average Bonchev–Trinajstić information content (AvgIpc) is 2.03. The van der Waals surface area contributed by atoms with Crippen molar-refractivity contribution in [2.45, 2.75) is 18.6 Å². The lowest BCUT2D eigenvalue weighted by Gasteiger charge is -2.27. The minimum absolute atomic E-state index is 0.303. The molecular weight excluding hydrogens is 164 g/mol. The molecule has 0 aromatic rings. The molecule has 0 aromatic heterocycles. The SMILES string of the molecule is O=C(O)ONC1CCNCC1O. The maximum absolute atomic E-state index is 9.97. The summed E-state index contributed by atoms with van der Waals surface area (Å²) in [6.45, 7) is 1.21. The lowest BCUT2D eigenvalue weighted by molar-refractivity contribution is -0.0132. The highest BCUT2D eigenvalue weighted by Crippen LogP contribution is 2.02. The van der Waals surface area contributed by atoms with E-state index in [0.29, 0.717) is 13.0 Å². The Morgan fingerprint density at radius 1 is 1.67 bits per heavy atom. The van der Waals surface area contributed by atoms with Gasteiger partial charge < -0.3 is 20.4 Å². The smallest absolute Gasteiger partial charge is 0.448 e. The summed E-state index contributed by atoms with van der Waals surface area (Å²) in [7, 11) is 0. The third-order valence-corrected chi connectivity index (χ3v) is 1.75. The molecule has 12 heavy (non-hydrogen) atoms. The number of hydrogen-bond donors (Lipinski definition) is 4. The van der Waals surface area contributed by atoms with E-state index in [2.05, 4.69) is 15.6 Å². The van der Waals surface area contributed by atoms with Gasteiger partial charge in [-0.15, -0.1) is 5.48 Å². The zero-order valence-electron chi connectivity index (χ0n) is 6.49. The molecule has 1 aliphatic rings. The summed E-state index contributed by atoms with van der Waals surface area (Å²) < 4.78 is 0. The van der Waals surface area contributed by atoms with Gasteiger partial charge in [0.1, 0.15) is 0 Å². The van der Waals surface area contributed by atoms with E-state index in [4.69, 9.17) is 5.11 Å². The maximum Gasteiger partial charge on any atom is 0.525 e. The Hall–Kier alpha value is -0.850. The molecule has 1 rings (SSSR count). The Morgan fingerprint density at radius 3 is 3.00 bits per heavy atom. The van der Waals surface area contributed by atoms with Gasteiger partial charge in [0.2, 0.25) is 0 Å². The lowest BCUT2D eigenvalue weighted by Crippen LogP contribution is -2.51. The molecule has 0 radical (unpaired) electrons. The van der Waals surface area contributed by atoms with Gasteiger partial charge in [0.05, 0.1) is 12.1 Å². The van der Waals surface area contributed by atoms with E-state index in [1.165, 1.54) is 0 Å². The quantitative estimate of drug-likeness (QED) is 0.400. The fraction of sp³-hybridized carbons (Fsp3) is 0.833. The lowest BCUT2D eigenvalue weighted by atomic mass is 10.1. The second-order valence-corrected chi connectivity index (χ2v) is 2.65. The van der Waals surface area contributed by atoms with E-state index in [1.807, 2.05) is 0 Å². The van der Waals surface area contributed by atoms with Gasteiger partial charge in [-0.2, -0.15) is 0 Å².